The van der Waals surface area contributed by atoms with E-state index in [0.29, 0.717) is 28.0 Å². The van der Waals surface area contributed by atoms with Crippen molar-refractivity contribution in [2.24, 2.45) is 7.05 Å². The molecule has 0 radical (unpaired) electrons. The van der Waals surface area contributed by atoms with Gasteiger partial charge in [-0.15, -0.1) is 0 Å². The molecule has 6 aromatic rings. The largest absolute Gasteiger partial charge is 0.453 e. The lowest BCUT2D eigenvalue weighted by molar-refractivity contribution is 0.102. The number of anilines is 1. The summed E-state index contributed by atoms with van der Waals surface area (Å²) in [6, 6.07) is 15.5. The number of pyridine rings is 3. The lowest BCUT2D eigenvalue weighted by Crippen LogP contribution is -2.27. The molecule has 4 heterocycles. The zero-order valence-corrected chi connectivity index (χ0v) is 21.5. The minimum Gasteiger partial charge on any atom is -0.453 e. The van der Waals surface area contributed by atoms with Crippen molar-refractivity contribution in [3.8, 4) is 28.4 Å². The third-order valence-corrected chi connectivity index (χ3v) is 6.29. The number of aromatic nitrogens is 5. The molecule has 0 unspecified atom stereocenters. The molecule has 1 amide bonds. The maximum atomic E-state index is 15.1. The number of rotatable bonds is 6. The predicted molar refractivity (Wildman–Crippen MR) is 148 cm³/mol. The highest BCUT2D eigenvalue weighted by Gasteiger charge is 2.16. The van der Waals surface area contributed by atoms with Crippen LogP contribution in [0.25, 0.3) is 27.8 Å². The molecule has 11 heteroatoms. The van der Waals surface area contributed by atoms with Gasteiger partial charge in [0, 0.05) is 54.8 Å². The van der Waals surface area contributed by atoms with Gasteiger partial charge in [-0.1, -0.05) is 0 Å². The van der Waals surface area contributed by atoms with Gasteiger partial charge in [-0.05, 0) is 60.7 Å². The van der Waals surface area contributed by atoms with Gasteiger partial charge in [0.2, 0.25) is 0 Å². The molecule has 0 atom stereocenters. The van der Waals surface area contributed by atoms with E-state index in [1.807, 2.05) is 13.2 Å². The first kappa shape index (κ1) is 25.6. The van der Waals surface area contributed by atoms with Crippen molar-refractivity contribution in [3.05, 3.63) is 125 Å². The van der Waals surface area contributed by atoms with E-state index in [1.165, 1.54) is 59.3 Å². The number of carbonyl (C=O) groups excluding carboxylic acids is 1. The number of halogens is 2. The van der Waals surface area contributed by atoms with Gasteiger partial charge in [0.25, 0.3) is 11.5 Å². The van der Waals surface area contributed by atoms with Crippen molar-refractivity contribution < 1.29 is 18.3 Å². The molecule has 0 fully saturated rings. The number of hydrogen-bond acceptors (Lipinski definition) is 6. The van der Waals surface area contributed by atoms with Gasteiger partial charge in [-0.2, -0.15) is 5.10 Å². The molecule has 0 saturated heterocycles. The Morgan fingerprint density at radius 3 is 2.54 bits per heavy atom. The quantitative estimate of drug-likeness (QED) is 0.294. The average Bonchev–Trinajstić information content (AvgIpc) is 3.41. The number of ether oxygens (including phenoxy) is 1. The van der Waals surface area contributed by atoms with Crippen LogP contribution < -0.4 is 15.6 Å². The van der Waals surface area contributed by atoms with Crippen LogP contribution in [0.5, 0.6) is 11.5 Å². The number of aryl methyl sites for hydroxylation is 1. The van der Waals surface area contributed by atoms with E-state index in [2.05, 4.69) is 20.4 Å². The lowest BCUT2D eigenvalue weighted by Gasteiger charge is -2.12. The van der Waals surface area contributed by atoms with E-state index in [9.17, 15) is 14.0 Å². The van der Waals surface area contributed by atoms with Gasteiger partial charge in [0.1, 0.15) is 17.1 Å². The fourth-order valence-corrected chi connectivity index (χ4v) is 4.27. The summed E-state index contributed by atoms with van der Waals surface area (Å²) in [5, 5.41) is 7.28. The molecule has 2 aromatic carbocycles. The summed E-state index contributed by atoms with van der Waals surface area (Å²) in [5.74, 6) is -1.64. The topological polar surface area (TPSA) is 104 Å². The van der Waals surface area contributed by atoms with E-state index in [4.69, 9.17) is 4.74 Å². The molecule has 1 N–H and O–H groups in total. The summed E-state index contributed by atoms with van der Waals surface area (Å²) in [7, 11) is 1.81. The molecule has 0 bridgehead atoms. The average molecular weight is 551 g/mol. The van der Waals surface area contributed by atoms with Crippen LogP contribution in [0.15, 0.2) is 103 Å². The molecule has 0 aliphatic carbocycles. The zero-order chi connectivity index (χ0) is 28.5. The van der Waals surface area contributed by atoms with Gasteiger partial charge in [0.05, 0.1) is 22.8 Å². The molecule has 0 saturated carbocycles. The monoisotopic (exact) mass is 550 g/mol. The van der Waals surface area contributed by atoms with Crippen molar-refractivity contribution in [1.82, 2.24) is 24.3 Å². The van der Waals surface area contributed by atoms with Crippen LogP contribution in [-0.2, 0) is 7.05 Å². The van der Waals surface area contributed by atoms with Crippen LogP contribution in [0.3, 0.4) is 0 Å². The van der Waals surface area contributed by atoms with Crippen LogP contribution in [0, 0.1) is 11.6 Å². The first-order valence-corrected chi connectivity index (χ1v) is 12.4. The number of amides is 1. The number of nitrogens with one attached hydrogen (secondary N) is 1. The van der Waals surface area contributed by atoms with Crippen molar-refractivity contribution in [1.29, 1.82) is 0 Å². The van der Waals surface area contributed by atoms with Crippen LogP contribution in [0.2, 0.25) is 0 Å². The SMILES string of the molecule is Cn1cc(-c2cc3nccc(Oc4ccc(NC(=O)c5cccn(-c6ccc(F)cc6)c5=O)cc4F)c3cn2)cn1. The molecular weight excluding hydrogens is 530 g/mol. The van der Waals surface area contributed by atoms with E-state index >= 15 is 4.39 Å². The van der Waals surface area contributed by atoms with Gasteiger partial charge in [-0.25, -0.2) is 8.78 Å². The summed E-state index contributed by atoms with van der Waals surface area (Å²) in [5.41, 5.74) is 1.86. The van der Waals surface area contributed by atoms with Crippen molar-refractivity contribution in [2.75, 3.05) is 5.32 Å². The first-order chi connectivity index (χ1) is 19.9. The summed E-state index contributed by atoms with van der Waals surface area (Å²) in [6.07, 6.45) is 8.16. The van der Waals surface area contributed by atoms with Gasteiger partial charge in [-0.3, -0.25) is 28.8 Å². The number of nitrogens with zero attached hydrogens (tertiary/aromatic N) is 5. The first-order valence-electron chi connectivity index (χ1n) is 12.4. The number of fused-ring (bicyclic) bond motifs is 1. The molecule has 41 heavy (non-hydrogen) atoms. The molecule has 0 spiro atoms. The molecule has 202 valence electrons. The van der Waals surface area contributed by atoms with Crippen molar-refractivity contribution >= 4 is 22.5 Å². The van der Waals surface area contributed by atoms with E-state index < -0.39 is 23.1 Å². The van der Waals surface area contributed by atoms with E-state index in [0.717, 1.165) is 11.6 Å². The van der Waals surface area contributed by atoms with Gasteiger partial charge in [0.15, 0.2) is 11.6 Å². The second kappa shape index (κ2) is 10.5. The highest BCUT2D eigenvalue weighted by Crippen LogP contribution is 2.32. The fourth-order valence-electron chi connectivity index (χ4n) is 4.27. The smallest absolute Gasteiger partial charge is 0.267 e. The molecular formula is C30H20F2N6O3. The Morgan fingerprint density at radius 1 is 0.951 bits per heavy atom. The lowest BCUT2D eigenvalue weighted by atomic mass is 10.2. The maximum absolute atomic E-state index is 15.1. The Morgan fingerprint density at radius 2 is 1.78 bits per heavy atom. The molecule has 0 aliphatic heterocycles. The Balaban J connectivity index is 1.22. The molecule has 6 rings (SSSR count). The predicted octanol–water partition coefficient (Wildman–Crippen LogP) is 5.50. The minimum atomic E-state index is -0.732. The van der Waals surface area contributed by atoms with Crippen LogP contribution in [0.4, 0.5) is 14.5 Å². The summed E-state index contributed by atoms with van der Waals surface area (Å²) < 4.78 is 37.1. The highest BCUT2D eigenvalue weighted by atomic mass is 19.1. The van der Waals surface area contributed by atoms with Crippen molar-refractivity contribution in [3.63, 3.8) is 0 Å². The summed E-state index contributed by atoms with van der Waals surface area (Å²) in [4.78, 5) is 34.6. The van der Waals surface area contributed by atoms with Crippen LogP contribution in [0.1, 0.15) is 10.4 Å². The van der Waals surface area contributed by atoms with Crippen LogP contribution in [-0.4, -0.2) is 30.2 Å². The minimum absolute atomic E-state index is 0.0785. The van der Waals surface area contributed by atoms with E-state index in [-0.39, 0.29) is 17.0 Å². The normalized spacial score (nSPS) is 11.0. The Labute approximate surface area is 231 Å². The summed E-state index contributed by atoms with van der Waals surface area (Å²) in [6.45, 7) is 0. The number of benzene rings is 2. The van der Waals surface area contributed by atoms with Gasteiger partial charge < -0.3 is 10.1 Å². The number of carbonyl (C=O) groups is 1. The van der Waals surface area contributed by atoms with Gasteiger partial charge >= 0.3 is 0 Å². The third-order valence-electron chi connectivity index (χ3n) is 6.29. The standard InChI is InChI=1S/C30H20F2N6O3/c1-37-17-18(15-35-37)25-14-26-23(16-34-25)27(10-11-33-26)41-28-9-6-20(13-24(28)32)36-29(39)22-3-2-12-38(30(22)40)21-7-4-19(31)5-8-21/h2-17H,1H3,(H,36,39). The molecule has 4 aromatic heterocycles. The fraction of sp³-hybridized carbons (Fsp3) is 0.0333. The Kier molecular flexibility index (Phi) is 6.52. The second-order valence-corrected chi connectivity index (χ2v) is 9.07. The Bertz CT molecular complexity index is 1990. The van der Waals surface area contributed by atoms with Crippen molar-refractivity contribution in [2.45, 2.75) is 0 Å². The second-order valence-electron chi connectivity index (χ2n) is 9.07. The van der Waals surface area contributed by atoms with Crippen LogP contribution >= 0.6 is 0 Å². The maximum Gasteiger partial charge on any atom is 0.267 e. The summed E-state index contributed by atoms with van der Waals surface area (Å²) >= 11 is 0. The highest BCUT2D eigenvalue weighted by molar-refractivity contribution is 6.04. The molecule has 0 aliphatic rings. The van der Waals surface area contributed by atoms with E-state index in [1.54, 1.807) is 35.4 Å². The number of hydrogen-bond donors (Lipinski definition) is 1. The molecule has 9 nitrogen and oxygen atoms in total. The Hall–Kier alpha value is -5.71. The third kappa shape index (κ3) is 5.15. The zero-order valence-electron chi connectivity index (χ0n) is 21.5.